The summed E-state index contributed by atoms with van der Waals surface area (Å²) in [6, 6.07) is 6.50. The first kappa shape index (κ1) is 16.5. The molecular formula is C13H20N2O4S. The number of primary sulfonamides is 1. The van der Waals surface area contributed by atoms with Crippen molar-refractivity contribution in [3.05, 3.63) is 24.3 Å². The van der Waals surface area contributed by atoms with E-state index in [1.807, 2.05) is 0 Å². The first-order valence-corrected chi connectivity index (χ1v) is 8.03. The minimum atomic E-state index is -3.72. The predicted octanol–water partition coefficient (Wildman–Crippen LogP) is 1.78. The summed E-state index contributed by atoms with van der Waals surface area (Å²) in [5.74, 6) is -0.773. The van der Waals surface area contributed by atoms with Gasteiger partial charge in [-0.25, -0.2) is 13.6 Å². The molecule has 0 heterocycles. The number of nitrogens with one attached hydrogen (secondary N) is 1. The Bertz CT molecular complexity index is 543. The Morgan fingerprint density at radius 2 is 1.80 bits per heavy atom. The third-order valence-corrected chi connectivity index (χ3v) is 3.80. The summed E-state index contributed by atoms with van der Waals surface area (Å²) in [6.45, 7) is 0.625. The lowest BCUT2D eigenvalue weighted by molar-refractivity contribution is -0.137. The monoisotopic (exact) mass is 300 g/mol. The zero-order valence-corrected chi connectivity index (χ0v) is 12.0. The Kier molecular flexibility index (Phi) is 6.47. The first-order valence-electron chi connectivity index (χ1n) is 6.49. The molecule has 1 aromatic rings. The van der Waals surface area contributed by atoms with Crippen LogP contribution in [0.1, 0.15) is 32.1 Å². The Morgan fingerprint density at radius 1 is 1.15 bits per heavy atom. The lowest BCUT2D eigenvalue weighted by Crippen LogP contribution is -2.15. The molecule has 0 aliphatic heterocycles. The van der Waals surface area contributed by atoms with Crippen molar-refractivity contribution in [2.24, 2.45) is 5.14 Å². The standard InChI is InChI=1S/C13H20N2O4S/c14-20(18,19)12-8-5-4-7-11(12)15-10-6-2-1-3-9-13(16)17/h4-5,7-8,15H,1-3,6,9-10H2,(H,16,17)(H2,14,18,19). The largest absolute Gasteiger partial charge is 0.481 e. The molecule has 1 rings (SSSR count). The highest BCUT2D eigenvalue weighted by molar-refractivity contribution is 7.89. The Morgan fingerprint density at radius 3 is 2.45 bits per heavy atom. The number of nitrogens with two attached hydrogens (primary N) is 1. The fourth-order valence-corrected chi connectivity index (χ4v) is 2.55. The fraction of sp³-hybridized carbons (Fsp3) is 0.462. The van der Waals surface area contributed by atoms with Crippen LogP contribution in [0.5, 0.6) is 0 Å². The number of benzene rings is 1. The van der Waals surface area contributed by atoms with Gasteiger partial charge in [0, 0.05) is 13.0 Å². The summed E-state index contributed by atoms with van der Waals surface area (Å²) in [4.78, 5) is 10.4. The zero-order chi connectivity index (χ0) is 15.0. The van der Waals surface area contributed by atoms with Gasteiger partial charge in [0.2, 0.25) is 10.0 Å². The first-order chi connectivity index (χ1) is 9.41. The summed E-state index contributed by atoms with van der Waals surface area (Å²) in [5, 5.41) is 16.7. The molecule has 20 heavy (non-hydrogen) atoms. The SMILES string of the molecule is NS(=O)(=O)c1ccccc1NCCCCCCC(=O)O. The van der Waals surface area contributed by atoms with Crippen molar-refractivity contribution in [2.75, 3.05) is 11.9 Å². The summed E-state index contributed by atoms with van der Waals surface area (Å²) < 4.78 is 22.7. The van der Waals surface area contributed by atoms with Crippen LogP contribution in [0.3, 0.4) is 0 Å². The molecule has 0 saturated heterocycles. The van der Waals surface area contributed by atoms with E-state index in [4.69, 9.17) is 10.2 Å². The fourth-order valence-electron chi connectivity index (χ4n) is 1.84. The highest BCUT2D eigenvalue weighted by Crippen LogP contribution is 2.19. The van der Waals surface area contributed by atoms with Gasteiger partial charge in [-0.05, 0) is 25.0 Å². The molecule has 0 bridgehead atoms. The number of para-hydroxylation sites is 1. The summed E-state index contributed by atoms with van der Waals surface area (Å²) in [6.07, 6.45) is 3.46. The van der Waals surface area contributed by atoms with Crippen LogP contribution in [0.4, 0.5) is 5.69 Å². The van der Waals surface area contributed by atoms with Crippen molar-refractivity contribution < 1.29 is 18.3 Å². The van der Waals surface area contributed by atoms with Gasteiger partial charge in [-0.2, -0.15) is 0 Å². The number of sulfonamides is 1. The number of rotatable bonds is 9. The number of anilines is 1. The maximum atomic E-state index is 11.4. The molecule has 4 N–H and O–H groups in total. The van der Waals surface area contributed by atoms with Crippen molar-refractivity contribution in [3.8, 4) is 0 Å². The maximum Gasteiger partial charge on any atom is 0.303 e. The van der Waals surface area contributed by atoms with Crippen LogP contribution in [-0.4, -0.2) is 26.0 Å². The van der Waals surface area contributed by atoms with Gasteiger partial charge >= 0.3 is 5.97 Å². The van der Waals surface area contributed by atoms with Gasteiger partial charge in [0.1, 0.15) is 4.90 Å². The number of carboxylic acids is 1. The van der Waals surface area contributed by atoms with Crippen molar-refractivity contribution in [2.45, 2.75) is 37.0 Å². The molecule has 0 atom stereocenters. The second-order valence-electron chi connectivity index (χ2n) is 4.53. The molecule has 0 unspecified atom stereocenters. The smallest absolute Gasteiger partial charge is 0.303 e. The van der Waals surface area contributed by atoms with Crippen LogP contribution in [0.15, 0.2) is 29.2 Å². The summed E-state index contributed by atoms with van der Waals surface area (Å²) in [5.41, 5.74) is 0.500. The molecule has 0 spiro atoms. The minimum Gasteiger partial charge on any atom is -0.481 e. The van der Waals surface area contributed by atoms with E-state index in [2.05, 4.69) is 5.32 Å². The third-order valence-electron chi connectivity index (χ3n) is 2.83. The minimum absolute atomic E-state index is 0.0888. The quantitative estimate of drug-likeness (QED) is 0.602. The van der Waals surface area contributed by atoms with Crippen molar-refractivity contribution >= 4 is 21.7 Å². The number of hydrogen-bond acceptors (Lipinski definition) is 4. The number of aliphatic carboxylic acids is 1. The molecule has 0 fully saturated rings. The van der Waals surface area contributed by atoms with E-state index in [0.717, 1.165) is 19.3 Å². The van der Waals surface area contributed by atoms with E-state index < -0.39 is 16.0 Å². The normalized spacial score (nSPS) is 11.2. The number of carboxylic acid groups (broad SMARTS) is 1. The van der Waals surface area contributed by atoms with E-state index in [-0.39, 0.29) is 11.3 Å². The van der Waals surface area contributed by atoms with Gasteiger partial charge in [-0.1, -0.05) is 25.0 Å². The number of hydrogen-bond donors (Lipinski definition) is 3. The third kappa shape index (κ3) is 6.03. The topological polar surface area (TPSA) is 109 Å². The van der Waals surface area contributed by atoms with Gasteiger partial charge in [0.25, 0.3) is 0 Å². The molecule has 0 aromatic heterocycles. The van der Waals surface area contributed by atoms with Crippen LogP contribution in [-0.2, 0) is 14.8 Å². The number of carbonyl (C=O) groups is 1. The average molecular weight is 300 g/mol. The van der Waals surface area contributed by atoms with Crippen molar-refractivity contribution in [3.63, 3.8) is 0 Å². The summed E-state index contributed by atoms with van der Waals surface area (Å²) in [7, 11) is -3.72. The van der Waals surface area contributed by atoms with Gasteiger partial charge in [0.05, 0.1) is 5.69 Å². The average Bonchev–Trinajstić information content (AvgIpc) is 2.36. The van der Waals surface area contributed by atoms with Crippen molar-refractivity contribution in [1.29, 1.82) is 0 Å². The van der Waals surface area contributed by atoms with Crippen LogP contribution >= 0.6 is 0 Å². The Labute approximate surface area is 119 Å². The molecule has 0 saturated carbocycles. The lowest BCUT2D eigenvalue weighted by Gasteiger charge is -2.10. The van der Waals surface area contributed by atoms with E-state index >= 15 is 0 Å². The maximum absolute atomic E-state index is 11.4. The second-order valence-corrected chi connectivity index (χ2v) is 6.06. The van der Waals surface area contributed by atoms with E-state index in [9.17, 15) is 13.2 Å². The molecule has 0 amide bonds. The van der Waals surface area contributed by atoms with Crippen molar-refractivity contribution in [1.82, 2.24) is 0 Å². The van der Waals surface area contributed by atoms with E-state index in [1.54, 1.807) is 18.2 Å². The predicted molar refractivity (Wildman–Crippen MR) is 77.0 cm³/mol. The number of unbranched alkanes of at least 4 members (excludes halogenated alkanes) is 3. The zero-order valence-electron chi connectivity index (χ0n) is 11.2. The molecule has 0 aliphatic rings. The van der Waals surface area contributed by atoms with Crippen LogP contribution in [0.2, 0.25) is 0 Å². The second kappa shape index (κ2) is 7.86. The van der Waals surface area contributed by atoms with E-state index in [0.29, 0.717) is 18.7 Å². The Hall–Kier alpha value is -1.60. The van der Waals surface area contributed by atoms with E-state index in [1.165, 1.54) is 6.07 Å². The Balaban J connectivity index is 2.34. The van der Waals surface area contributed by atoms with Crippen LogP contribution < -0.4 is 10.5 Å². The molecule has 6 nitrogen and oxygen atoms in total. The van der Waals surface area contributed by atoms with Gasteiger partial charge in [0.15, 0.2) is 0 Å². The molecule has 0 aliphatic carbocycles. The highest BCUT2D eigenvalue weighted by atomic mass is 32.2. The molecule has 7 heteroatoms. The van der Waals surface area contributed by atoms with Crippen LogP contribution in [0, 0.1) is 0 Å². The lowest BCUT2D eigenvalue weighted by atomic mass is 10.1. The van der Waals surface area contributed by atoms with Gasteiger partial charge < -0.3 is 10.4 Å². The molecule has 112 valence electrons. The molecule has 0 radical (unpaired) electrons. The summed E-state index contributed by atoms with van der Waals surface area (Å²) >= 11 is 0. The highest BCUT2D eigenvalue weighted by Gasteiger charge is 2.12. The molecular weight excluding hydrogens is 280 g/mol. The van der Waals surface area contributed by atoms with Gasteiger partial charge in [-0.3, -0.25) is 4.79 Å². The van der Waals surface area contributed by atoms with Crippen LogP contribution in [0.25, 0.3) is 0 Å². The van der Waals surface area contributed by atoms with Gasteiger partial charge in [-0.15, -0.1) is 0 Å². The molecule has 1 aromatic carbocycles.